The molecule has 1 aliphatic rings. The van der Waals surface area contributed by atoms with Crippen LogP contribution in [0.4, 0.5) is 5.95 Å². The summed E-state index contributed by atoms with van der Waals surface area (Å²) in [5.74, 6) is 1.28. The second kappa shape index (κ2) is 8.17. The Kier molecular flexibility index (Phi) is 5.43. The zero-order chi connectivity index (χ0) is 21.3. The third kappa shape index (κ3) is 3.62. The maximum atomic E-state index is 13.0. The minimum Gasteiger partial charge on any atom is -0.484 e. The van der Waals surface area contributed by atoms with Crippen LogP contribution in [-0.2, 0) is 18.4 Å². The standard InChI is InChI=1S/C21H26N6O3/c1-4-27-20(29)19-18(15(2)23-24(19)3)22-21(27)26-12-10-25(11-13-26)17(28)14-30-16-8-6-5-7-9-16/h5-9H,4,10-14H2,1-3H3. The number of para-hydroxylation sites is 1. The van der Waals surface area contributed by atoms with Crippen molar-refractivity contribution >= 4 is 22.9 Å². The number of carbonyl (C=O) groups is 1. The number of anilines is 1. The number of piperazine rings is 1. The number of amides is 1. The van der Waals surface area contributed by atoms with E-state index in [4.69, 9.17) is 9.72 Å². The molecule has 0 N–H and O–H groups in total. The Labute approximate surface area is 174 Å². The highest BCUT2D eigenvalue weighted by atomic mass is 16.5. The van der Waals surface area contributed by atoms with E-state index in [1.807, 2.05) is 44.2 Å². The summed E-state index contributed by atoms with van der Waals surface area (Å²) >= 11 is 0. The molecule has 4 rings (SSSR count). The Bertz CT molecular complexity index is 1110. The van der Waals surface area contributed by atoms with E-state index in [2.05, 4.69) is 10.00 Å². The van der Waals surface area contributed by atoms with Crippen LogP contribution in [-0.4, -0.2) is 62.9 Å². The van der Waals surface area contributed by atoms with Gasteiger partial charge in [0, 0.05) is 39.8 Å². The van der Waals surface area contributed by atoms with Gasteiger partial charge in [0.25, 0.3) is 11.5 Å². The van der Waals surface area contributed by atoms with Gasteiger partial charge in [-0.2, -0.15) is 5.10 Å². The van der Waals surface area contributed by atoms with Crippen molar-refractivity contribution in [3.63, 3.8) is 0 Å². The fraction of sp³-hybridized carbons (Fsp3) is 0.429. The van der Waals surface area contributed by atoms with Gasteiger partial charge >= 0.3 is 0 Å². The van der Waals surface area contributed by atoms with Crippen LogP contribution in [0.5, 0.6) is 5.75 Å². The zero-order valence-electron chi connectivity index (χ0n) is 17.5. The summed E-state index contributed by atoms with van der Waals surface area (Å²) in [6.45, 7) is 6.65. The Morgan fingerprint density at radius 1 is 1.13 bits per heavy atom. The molecule has 9 heteroatoms. The van der Waals surface area contributed by atoms with E-state index >= 15 is 0 Å². The molecular weight excluding hydrogens is 384 g/mol. The first kappa shape index (κ1) is 19.9. The smallest absolute Gasteiger partial charge is 0.281 e. The Morgan fingerprint density at radius 2 is 1.83 bits per heavy atom. The Hall–Kier alpha value is -3.36. The average molecular weight is 410 g/mol. The van der Waals surface area contributed by atoms with Gasteiger partial charge in [-0.1, -0.05) is 18.2 Å². The molecule has 1 aromatic carbocycles. The molecule has 0 bridgehead atoms. The predicted molar refractivity (Wildman–Crippen MR) is 114 cm³/mol. The summed E-state index contributed by atoms with van der Waals surface area (Å²) in [7, 11) is 1.76. The van der Waals surface area contributed by atoms with Gasteiger partial charge in [-0.3, -0.25) is 18.8 Å². The van der Waals surface area contributed by atoms with Gasteiger partial charge in [-0.05, 0) is 26.0 Å². The van der Waals surface area contributed by atoms with Gasteiger partial charge in [0.2, 0.25) is 5.95 Å². The van der Waals surface area contributed by atoms with Crippen molar-refractivity contribution in [1.29, 1.82) is 0 Å². The minimum absolute atomic E-state index is 0.0166. The van der Waals surface area contributed by atoms with Crippen LogP contribution in [0.1, 0.15) is 12.6 Å². The van der Waals surface area contributed by atoms with Gasteiger partial charge < -0.3 is 14.5 Å². The minimum atomic E-state index is -0.0876. The molecule has 0 atom stereocenters. The third-order valence-corrected chi connectivity index (χ3v) is 5.43. The first-order valence-corrected chi connectivity index (χ1v) is 10.1. The molecule has 1 fully saturated rings. The lowest BCUT2D eigenvalue weighted by Crippen LogP contribution is -2.51. The molecule has 0 radical (unpaired) electrons. The van der Waals surface area contributed by atoms with E-state index in [-0.39, 0.29) is 18.1 Å². The summed E-state index contributed by atoms with van der Waals surface area (Å²) in [5.41, 5.74) is 1.80. The van der Waals surface area contributed by atoms with Crippen LogP contribution < -0.4 is 15.2 Å². The molecule has 3 aromatic rings. The summed E-state index contributed by atoms with van der Waals surface area (Å²) in [6.07, 6.45) is 0. The number of hydrogen-bond acceptors (Lipinski definition) is 6. The molecule has 0 saturated carbocycles. The Balaban J connectivity index is 1.47. The number of nitrogens with zero attached hydrogens (tertiary/aromatic N) is 6. The lowest BCUT2D eigenvalue weighted by atomic mass is 10.3. The summed E-state index contributed by atoms with van der Waals surface area (Å²) in [6, 6.07) is 9.32. The average Bonchev–Trinajstić information content (AvgIpc) is 3.06. The molecule has 1 amide bonds. The molecule has 0 unspecified atom stereocenters. The first-order valence-electron chi connectivity index (χ1n) is 10.1. The number of carbonyl (C=O) groups excluding carboxylic acids is 1. The van der Waals surface area contributed by atoms with Gasteiger partial charge in [0.1, 0.15) is 11.3 Å². The molecular formula is C21H26N6O3. The van der Waals surface area contributed by atoms with E-state index in [0.717, 1.165) is 5.69 Å². The SMILES string of the molecule is CCn1c(N2CCN(C(=O)COc3ccccc3)CC2)nc2c(C)nn(C)c2c1=O. The number of aromatic nitrogens is 4. The molecule has 0 spiro atoms. The highest BCUT2D eigenvalue weighted by molar-refractivity contribution is 5.79. The number of hydrogen-bond donors (Lipinski definition) is 0. The van der Waals surface area contributed by atoms with E-state index in [0.29, 0.717) is 55.5 Å². The lowest BCUT2D eigenvalue weighted by molar-refractivity contribution is -0.133. The van der Waals surface area contributed by atoms with Crippen molar-refractivity contribution < 1.29 is 9.53 Å². The highest BCUT2D eigenvalue weighted by Crippen LogP contribution is 2.19. The van der Waals surface area contributed by atoms with Crippen molar-refractivity contribution in [3.8, 4) is 5.75 Å². The van der Waals surface area contributed by atoms with Gasteiger partial charge in [-0.15, -0.1) is 0 Å². The van der Waals surface area contributed by atoms with Gasteiger partial charge in [0.15, 0.2) is 12.1 Å². The number of fused-ring (bicyclic) bond motifs is 1. The maximum absolute atomic E-state index is 13.0. The van der Waals surface area contributed by atoms with Gasteiger partial charge in [0.05, 0.1) is 5.69 Å². The molecule has 30 heavy (non-hydrogen) atoms. The maximum Gasteiger partial charge on any atom is 0.281 e. The first-order chi connectivity index (χ1) is 14.5. The van der Waals surface area contributed by atoms with Crippen LogP contribution in [0.25, 0.3) is 11.0 Å². The van der Waals surface area contributed by atoms with Gasteiger partial charge in [-0.25, -0.2) is 4.98 Å². The molecule has 2 aromatic heterocycles. The normalized spacial score (nSPS) is 14.4. The second-order valence-corrected chi connectivity index (χ2v) is 7.34. The van der Waals surface area contributed by atoms with Crippen molar-refractivity contribution in [2.75, 3.05) is 37.7 Å². The molecule has 1 aliphatic heterocycles. The number of benzene rings is 1. The van der Waals surface area contributed by atoms with Crippen molar-refractivity contribution in [2.45, 2.75) is 20.4 Å². The van der Waals surface area contributed by atoms with Crippen LogP contribution in [0.3, 0.4) is 0 Å². The van der Waals surface area contributed by atoms with E-state index in [1.54, 1.807) is 21.2 Å². The monoisotopic (exact) mass is 410 g/mol. The van der Waals surface area contributed by atoms with E-state index in [1.165, 1.54) is 0 Å². The lowest BCUT2D eigenvalue weighted by Gasteiger charge is -2.36. The van der Waals surface area contributed by atoms with E-state index < -0.39 is 0 Å². The van der Waals surface area contributed by atoms with Crippen molar-refractivity contribution in [1.82, 2.24) is 24.2 Å². The Morgan fingerprint density at radius 3 is 2.50 bits per heavy atom. The number of aryl methyl sites for hydroxylation is 2. The van der Waals surface area contributed by atoms with Crippen molar-refractivity contribution in [3.05, 3.63) is 46.4 Å². The topological polar surface area (TPSA) is 85.5 Å². The van der Waals surface area contributed by atoms with Crippen LogP contribution in [0.2, 0.25) is 0 Å². The van der Waals surface area contributed by atoms with Crippen LogP contribution >= 0.6 is 0 Å². The van der Waals surface area contributed by atoms with E-state index in [9.17, 15) is 9.59 Å². The largest absolute Gasteiger partial charge is 0.484 e. The highest BCUT2D eigenvalue weighted by Gasteiger charge is 2.26. The summed E-state index contributed by atoms with van der Waals surface area (Å²) < 4.78 is 8.85. The van der Waals surface area contributed by atoms with Crippen molar-refractivity contribution in [2.24, 2.45) is 7.05 Å². The summed E-state index contributed by atoms with van der Waals surface area (Å²) in [4.78, 5) is 34.2. The zero-order valence-corrected chi connectivity index (χ0v) is 17.5. The third-order valence-electron chi connectivity index (χ3n) is 5.43. The predicted octanol–water partition coefficient (Wildman–Crippen LogP) is 1.19. The number of rotatable bonds is 5. The summed E-state index contributed by atoms with van der Waals surface area (Å²) in [5, 5.41) is 4.35. The molecule has 1 saturated heterocycles. The number of ether oxygens (including phenoxy) is 1. The molecule has 9 nitrogen and oxygen atoms in total. The second-order valence-electron chi connectivity index (χ2n) is 7.34. The van der Waals surface area contributed by atoms with Crippen LogP contribution in [0, 0.1) is 6.92 Å². The fourth-order valence-electron chi connectivity index (χ4n) is 3.83. The van der Waals surface area contributed by atoms with Crippen LogP contribution in [0.15, 0.2) is 35.1 Å². The quantitative estimate of drug-likeness (QED) is 0.628. The molecule has 0 aliphatic carbocycles. The molecule has 3 heterocycles. The molecule has 158 valence electrons. The fourth-order valence-corrected chi connectivity index (χ4v) is 3.83.